The van der Waals surface area contributed by atoms with Gasteiger partial charge in [-0.1, -0.05) is 30.3 Å². The lowest BCUT2D eigenvalue weighted by molar-refractivity contribution is 0.815. The zero-order valence-corrected chi connectivity index (χ0v) is 11.4. The van der Waals surface area contributed by atoms with Crippen molar-refractivity contribution in [2.24, 2.45) is 5.73 Å². The van der Waals surface area contributed by atoms with E-state index >= 15 is 0 Å². The average molecular weight is 252 g/mol. The summed E-state index contributed by atoms with van der Waals surface area (Å²) >= 11 is 0. The summed E-state index contributed by atoms with van der Waals surface area (Å²) in [5, 5.41) is 3.48. The maximum absolute atomic E-state index is 6.03. The quantitative estimate of drug-likeness (QED) is 0.858. The van der Waals surface area contributed by atoms with Crippen LogP contribution in [0.5, 0.6) is 0 Å². The molecule has 3 rings (SSSR count). The maximum atomic E-state index is 6.03. The lowest BCUT2D eigenvalue weighted by Crippen LogP contribution is -2.15. The third kappa shape index (κ3) is 2.13. The third-order valence-electron chi connectivity index (χ3n) is 3.99. The van der Waals surface area contributed by atoms with Gasteiger partial charge in [-0.05, 0) is 53.6 Å². The lowest BCUT2D eigenvalue weighted by atomic mass is 9.89. The number of hydrogen-bond donors (Lipinski definition) is 2. The summed E-state index contributed by atoms with van der Waals surface area (Å²) in [6.45, 7) is 3.84. The Kier molecular flexibility index (Phi) is 3.26. The summed E-state index contributed by atoms with van der Waals surface area (Å²) in [5.74, 6) is 0. The third-order valence-corrected chi connectivity index (χ3v) is 3.99. The average Bonchev–Trinajstić information content (AvgIpc) is 2.46. The summed E-state index contributed by atoms with van der Waals surface area (Å²) in [4.78, 5) is 0. The molecule has 1 heterocycles. The fourth-order valence-electron chi connectivity index (χ4n) is 2.99. The Bertz CT molecular complexity index is 602. The number of nitrogens with two attached hydrogens (primary N) is 1. The second-order valence-electron chi connectivity index (χ2n) is 5.17. The van der Waals surface area contributed by atoms with Crippen LogP contribution in [-0.4, -0.2) is 6.54 Å². The van der Waals surface area contributed by atoms with Gasteiger partial charge in [-0.3, -0.25) is 0 Å². The molecule has 19 heavy (non-hydrogen) atoms. The fourth-order valence-corrected chi connectivity index (χ4v) is 2.99. The Morgan fingerprint density at radius 3 is 2.74 bits per heavy atom. The minimum absolute atomic E-state index is 0.606. The van der Waals surface area contributed by atoms with Crippen molar-refractivity contribution in [2.75, 3.05) is 11.9 Å². The number of anilines is 1. The predicted molar refractivity (Wildman–Crippen MR) is 81.3 cm³/mol. The molecular formula is C17H20N2. The highest BCUT2D eigenvalue weighted by atomic mass is 14.9. The summed E-state index contributed by atoms with van der Waals surface area (Å²) in [6.07, 6.45) is 2.33. The molecule has 0 spiro atoms. The van der Waals surface area contributed by atoms with Crippen molar-refractivity contribution in [2.45, 2.75) is 26.3 Å². The fraction of sp³-hybridized carbons (Fsp3) is 0.294. The molecule has 2 aromatic carbocycles. The smallest absolute Gasteiger partial charge is 0.0376 e. The Labute approximate surface area is 114 Å². The topological polar surface area (TPSA) is 38.0 Å². The zero-order chi connectivity index (χ0) is 13.2. The first-order chi connectivity index (χ1) is 9.31. The molecule has 0 aromatic heterocycles. The highest BCUT2D eigenvalue weighted by Crippen LogP contribution is 2.34. The molecule has 0 bridgehead atoms. The van der Waals surface area contributed by atoms with E-state index < -0.39 is 0 Å². The van der Waals surface area contributed by atoms with Gasteiger partial charge in [0.25, 0.3) is 0 Å². The molecular weight excluding hydrogens is 232 g/mol. The summed E-state index contributed by atoms with van der Waals surface area (Å²) in [5.41, 5.74) is 13.9. The molecule has 0 saturated carbocycles. The molecule has 0 aliphatic carbocycles. The highest BCUT2D eigenvalue weighted by molar-refractivity contribution is 5.76. The minimum Gasteiger partial charge on any atom is -0.385 e. The molecule has 0 radical (unpaired) electrons. The van der Waals surface area contributed by atoms with E-state index in [0.717, 1.165) is 13.0 Å². The van der Waals surface area contributed by atoms with Gasteiger partial charge in [0.05, 0.1) is 0 Å². The summed E-state index contributed by atoms with van der Waals surface area (Å²) in [6, 6.07) is 12.9. The van der Waals surface area contributed by atoms with Crippen LogP contribution in [0.15, 0.2) is 36.4 Å². The number of fused-ring (bicyclic) bond motifs is 1. The molecule has 98 valence electrons. The van der Waals surface area contributed by atoms with Crippen LogP contribution >= 0.6 is 0 Å². The van der Waals surface area contributed by atoms with Gasteiger partial charge >= 0.3 is 0 Å². The van der Waals surface area contributed by atoms with Crippen molar-refractivity contribution >= 4 is 5.69 Å². The van der Waals surface area contributed by atoms with Gasteiger partial charge in [-0.15, -0.1) is 0 Å². The van der Waals surface area contributed by atoms with E-state index in [2.05, 4.69) is 48.6 Å². The largest absolute Gasteiger partial charge is 0.385 e. The normalized spacial score (nSPS) is 13.8. The molecule has 0 amide bonds. The SMILES string of the molecule is Cc1ccccc1-c1ccc2c(c1CN)CCCN2. The van der Waals surface area contributed by atoms with E-state index in [9.17, 15) is 0 Å². The van der Waals surface area contributed by atoms with Crippen molar-refractivity contribution in [1.82, 2.24) is 0 Å². The van der Waals surface area contributed by atoms with E-state index in [0.29, 0.717) is 6.54 Å². The van der Waals surface area contributed by atoms with Crippen LogP contribution in [0.4, 0.5) is 5.69 Å². The van der Waals surface area contributed by atoms with Crippen LogP contribution < -0.4 is 11.1 Å². The van der Waals surface area contributed by atoms with E-state index in [1.54, 1.807) is 0 Å². The molecule has 1 aliphatic rings. The van der Waals surface area contributed by atoms with Crippen LogP contribution in [-0.2, 0) is 13.0 Å². The Morgan fingerprint density at radius 2 is 1.95 bits per heavy atom. The minimum atomic E-state index is 0.606. The van der Waals surface area contributed by atoms with Gasteiger partial charge in [-0.2, -0.15) is 0 Å². The van der Waals surface area contributed by atoms with Gasteiger partial charge in [0.1, 0.15) is 0 Å². The van der Waals surface area contributed by atoms with Gasteiger partial charge in [-0.25, -0.2) is 0 Å². The molecule has 3 N–H and O–H groups in total. The van der Waals surface area contributed by atoms with Crippen LogP contribution in [0.3, 0.4) is 0 Å². The molecule has 1 aliphatic heterocycles. The second kappa shape index (κ2) is 5.06. The predicted octanol–water partition coefficient (Wildman–Crippen LogP) is 3.48. The molecule has 0 fully saturated rings. The molecule has 0 unspecified atom stereocenters. The summed E-state index contributed by atoms with van der Waals surface area (Å²) < 4.78 is 0. The van der Waals surface area contributed by atoms with Crippen molar-refractivity contribution < 1.29 is 0 Å². The monoisotopic (exact) mass is 252 g/mol. The first-order valence-corrected chi connectivity index (χ1v) is 6.96. The van der Waals surface area contributed by atoms with Crippen molar-refractivity contribution in [3.63, 3.8) is 0 Å². The van der Waals surface area contributed by atoms with E-state index in [-0.39, 0.29) is 0 Å². The second-order valence-corrected chi connectivity index (χ2v) is 5.17. The van der Waals surface area contributed by atoms with E-state index in [1.165, 1.54) is 39.9 Å². The van der Waals surface area contributed by atoms with Crippen LogP contribution in [0.2, 0.25) is 0 Å². The molecule has 0 atom stereocenters. The molecule has 2 aromatic rings. The van der Waals surface area contributed by atoms with Crippen LogP contribution in [0.1, 0.15) is 23.1 Å². The first-order valence-electron chi connectivity index (χ1n) is 6.96. The Balaban J connectivity index is 2.19. The molecule has 2 heteroatoms. The Morgan fingerprint density at radius 1 is 1.11 bits per heavy atom. The number of aryl methyl sites for hydroxylation is 1. The van der Waals surface area contributed by atoms with Crippen LogP contribution in [0.25, 0.3) is 11.1 Å². The van der Waals surface area contributed by atoms with Crippen molar-refractivity contribution in [1.29, 1.82) is 0 Å². The number of hydrogen-bond acceptors (Lipinski definition) is 2. The number of rotatable bonds is 2. The van der Waals surface area contributed by atoms with Crippen LogP contribution in [0, 0.1) is 6.92 Å². The van der Waals surface area contributed by atoms with Gasteiger partial charge in [0.2, 0.25) is 0 Å². The number of nitrogens with one attached hydrogen (secondary N) is 1. The van der Waals surface area contributed by atoms with E-state index in [1.807, 2.05) is 0 Å². The molecule has 0 saturated heterocycles. The van der Waals surface area contributed by atoms with Gasteiger partial charge in [0, 0.05) is 18.8 Å². The van der Waals surface area contributed by atoms with Gasteiger partial charge < -0.3 is 11.1 Å². The molecule has 2 nitrogen and oxygen atoms in total. The highest BCUT2D eigenvalue weighted by Gasteiger charge is 2.16. The Hall–Kier alpha value is -1.80. The lowest BCUT2D eigenvalue weighted by Gasteiger charge is -2.23. The zero-order valence-electron chi connectivity index (χ0n) is 11.4. The number of benzene rings is 2. The van der Waals surface area contributed by atoms with Crippen molar-refractivity contribution in [3.05, 3.63) is 53.1 Å². The van der Waals surface area contributed by atoms with E-state index in [4.69, 9.17) is 5.73 Å². The van der Waals surface area contributed by atoms with Crippen molar-refractivity contribution in [3.8, 4) is 11.1 Å². The standard InChI is InChI=1S/C17H20N2/c1-12-5-2-3-6-13(12)14-8-9-17-15(16(14)11-18)7-4-10-19-17/h2-3,5-6,8-9,19H,4,7,10-11,18H2,1H3. The first kappa shape index (κ1) is 12.2. The maximum Gasteiger partial charge on any atom is 0.0376 e. The summed E-state index contributed by atoms with van der Waals surface area (Å²) in [7, 11) is 0. The van der Waals surface area contributed by atoms with Gasteiger partial charge in [0.15, 0.2) is 0 Å².